The molecule has 1 N–H and O–H groups in total. The summed E-state index contributed by atoms with van der Waals surface area (Å²) in [6.07, 6.45) is -0.0355. The number of nitrogens with one attached hydrogen (secondary N) is 1. The van der Waals surface area contributed by atoms with Crippen LogP contribution in [0.2, 0.25) is 0 Å². The number of anilines is 1. The number of carbonyl (C=O) groups is 2. The van der Waals surface area contributed by atoms with E-state index in [2.05, 4.69) is 15.2 Å². The molecule has 1 fully saturated rings. The van der Waals surface area contributed by atoms with Gasteiger partial charge in [-0.05, 0) is 19.1 Å². The Balaban J connectivity index is 1.72. The molecule has 0 radical (unpaired) electrons. The first-order valence-corrected chi connectivity index (χ1v) is 7.80. The van der Waals surface area contributed by atoms with E-state index >= 15 is 0 Å². The van der Waals surface area contributed by atoms with Gasteiger partial charge in [0.1, 0.15) is 5.84 Å². The second-order valence-electron chi connectivity index (χ2n) is 5.44. The van der Waals surface area contributed by atoms with Crippen LogP contribution in [0, 0.1) is 0 Å². The number of piperazine rings is 1. The van der Waals surface area contributed by atoms with Gasteiger partial charge in [-0.1, -0.05) is 12.1 Å². The van der Waals surface area contributed by atoms with E-state index in [9.17, 15) is 9.59 Å². The number of carbonyl (C=O) groups excluding carboxylic acids is 2. The van der Waals surface area contributed by atoms with E-state index < -0.39 is 0 Å². The Bertz CT molecular complexity index is 636. The zero-order valence-corrected chi connectivity index (χ0v) is 13.1. The van der Waals surface area contributed by atoms with E-state index in [-0.39, 0.29) is 18.4 Å². The first kappa shape index (κ1) is 15.3. The lowest BCUT2D eigenvalue weighted by Crippen LogP contribution is -2.51. The van der Waals surface area contributed by atoms with Crippen LogP contribution in [0.1, 0.15) is 13.3 Å². The van der Waals surface area contributed by atoms with E-state index in [0.29, 0.717) is 32.8 Å². The largest absolute Gasteiger partial charge is 0.450 e. The summed E-state index contributed by atoms with van der Waals surface area (Å²) in [6.45, 7) is 4.61. The molecular weight excluding hydrogens is 296 g/mol. The van der Waals surface area contributed by atoms with Gasteiger partial charge in [0.2, 0.25) is 5.91 Å². The molecule has 0 unspecified atom stereocenters. The molecule has 0 aliphatic carbocycles. The van der Waals surface area contributed by atoms with Gasteiger partial charge in [-0.15, -0.1) is 0 Å². The second-order valence-corrected chi connectivity index (χ2v) is 5.44. The van der Waals surface area contributed by atoms with E-state index in [1.807, 2.05) is 24.3 Å². The standard InChI is InChI=1S/C16H20N4O3/c1-2-23-16(22)20-9-7-19(8-10-20)14-11-15(21)18-13-6-4-3-5-12(13)17-14/h3-6H,2,7-11H2,1H3,(H,18,21). The van der Waals surface area contributed by atoms with Crippen LogP contribution >= 0.6 is 0 Å². The molecule has 3 rings (SSSR count). The smallest absolute Gasteiger partial charge is 0.409 e. The number of fused-ring (bicyclic) bond motifs is 1. The zero-order valence-electron chi connectivity index (χ0n) is 13.1. The number of amidine groups is 1. The Morgan fingerprint density at radius 1 is 1.26 bits per heavy atom. The number of benzene rings is 1. The summed E-state index contributed by atoms with van der Waals surface area (Å²) < 4.78 is 5.02. The van der Waals surface area contributed by atoms with Gasteiger partial charge in [-0.3, -0.25) is 4.79 Å². The summed E-state index contributed by atoms with van der Waals surface area (Å²) in [6, 6.07) is 7.50. The molecule has 23 heavy (non-hydrogen) atoms. The number of para-hydroxylation sites is 2. The fraction of sp³-hybridized carbons (Fsp3) is 0.438. The van der Waals surface area contributed by atoms with E-state index in [1.54, 1.807) is 11.8 Å². The summed E-state index contributed by atoms with van der Waals surface area (Å²) in [5, 5.41) is 2.87. The van der Waals surface area contributed by atoms with Gasteiger partial charge in [0.25, 0.3) is 0 Å². The van der Waals surface area contributed by atoms with Gasteiger partial charge >= 0.3 is 6.09 Å². The van der Waals surface area contributed by atoms with Crippen molar-refractivity contribution in [2.45, 2.75) is 13.3 Å². The first-order valence-electron chi connectivity index (χ1n) is 7.80. The Labute approximate surface area is 134 Å². The maximum absolute atomic E-state index is 12.1. The van der Waals surface area contributed by atoms with Gasteiger partial charge in [0.15, 0.2) is 0 Å². The molecule has 1 saturated heterocycles. The average molecular weight is 316 g/mol. The van der Waals surface area contributed by atoms with Crippen molar-refractivity contribution in [2.75, 3.05) is 38.1 Å². The van der Waals surface area contributed by atoms with Crippen molar-refractivity contribution in [3.05, 3.63) is 24.3 Å². The molecule has 2 aliphatic heterocycles. The number of hydrogen-bond donors (Lipinski definition) is 1. The number of rotatable bonds is 1. The van der Waals surface area contributed by atoms with Gasteiger partial charge in [0.05, 0.1) is 24.4 Å². The molecule has 0 saturated carbocycles. The summed E-state index contributed by atoms with van der Waals surface area (Å²) in [4.78, 5) is 32.2. The van der Waals surface area contributed by atoms with Crippen molar-refractivity contribution in [1.29, 1.82) is 0 Å². The lowest BCUT2D eigenvalue weighted by atomic mass is 10.2. The number of nitrogens with zero attached hydrogens (tertiary/aromatic N) is 3. The minimum Gasteiger partial charge on any atom is -0.450 e. The van der Waals surface area contributed by atoms with Crippen LogP contribution in [0.25, 0.3) is 0 Å². The molecule has 2 aliphatic rings. The molecule has 0 bridgehead atoms. The molecule has 1 aromatic carbocycles. The summed E-state index contributed by atoms with van der Waals surface area (Å²) in [5.74, 6) is 0.678. The number of aliphatic imine (C=N–C) groups is 1. The van der Waals surface area contributed by atoms with E-state index in [1.165, 1.54) is 0 Å². The fourth-order valence-corrected chi connectivity index (χ4v) is 2.74. The van der Waals surface area contributed by atoms with Gasteiger partial charge in [0, 0.05) is 26.2 Å². The molecule has 2 heterocycles. The van der Waals surface area contributed by atoms with Gasteiger partial charge in [-0.25, -0.2) is 9.79 Å². The van der Waals surface area contributed by atoms with Crippen molar-refractivity contribution >= 4 is 29.2 Å². The second kappa shape index (κ2) is 6.68. The quantitative estimate of drug-likeness (QED) is 0.858. The van der Waals surface area contributed by atoms with Crippen LogP contribution in [-0.2, 0) is 9.53 Å². The topological polar surface area (TPSA) is 74.2 Å². The third-order valence-corrected chi connectivity index (χ3v) is 3.92. The fourth-order valence-electron chi connectivity index (χ4n) is 2.74. The highest BCUT2D eigenvalue weighted by molar-refractivity contribution is 6.09. The minimum absolute atomic E-state index is 0.0680. The molecular formula is C16H20N4O3. The number of hydrogen-bond acceptors (Lipinski definition) is 5. The van der Waals surface area contributed by atoms with Gasteiger partial charge in [-0.2, -0.15) is 0 Å². The predicted octanol–water partition coefficient (Wildman–Crippen LogP) is 1.83. The van der Waals surface area contributed by atoms with Crippen LogP contribution in [0.15, 0.2) is 29.3 Å². The lowest BCUT2D eigenvalue weighted by Gasteiger charge is -2.35. The van der Waals surface area contributed by atoms with Crippen molar-refractivity contribution < 1.29 is 14.3 Å². The predicted molar refractivity (Wildman–Crippen MR) is 87.0 cm³/mol. The first-order chi connectivity index (χ1) is 11.2. The Kier molecular flexibility index (Phi) is 4.45. The Hall–Kier alpha value is -2.57. The van der Waals surface area contributed by atoms with Crippen LogP contribution in [0.4, 0.5) is 16.2 Å². The molecule has 0 spiro atoms. The Morgan fingerprint density at radius 2 is 2.00 bits per heavy atom. The van der Waals surface area contributed by atoms with Crippen LogP contribution in [0.5, 0.6) is 0 Å². The normalized spacial score (nSPS) is 17.8. The Morgan fingerprint density at radius 3 is 2.74 bits per heavy atom. The van der Waals surface area contributed by atoms with Crippen molar-refractivity contribution in [3.8, 4) is 0 Å². The third kappa shape index (κ3) is 3.44. The maximum Gasteiger partial charge on any atom is 0.409 e. The molecule has 122 valence electrons. The highest BCUT2D eigenvalue weighted by Gasteiger charge is 2.26. The molecule has 2 amide bonds. The van der Waals surface area contributed by atoms with Crippen LogP contribution < -0.4 is 5.32 Å². The van der Waals surface area contributed by atoms with Crippen molar-refractivity contribution in [3.63, 3.8) is 0 Å². The zero-order chi connectivity index (χ0) is 16.2. The van der Waals surface area contributed by atoms with Crippen LogP contribution in [-0.4, -0.2) is 60.4 Å². The third-order valence-electron chi connectivity index (χ3n) is 3.92. The van der Waals surface area contributed by atoms with E-state index in [0.717, 1.165) is 17.2 Å². The number of amides is 2. The molecule has 7 nitrogen and oxygen atoms in total. The summed E-state index contributed by atoms with van der Waals surface area (Å²) in [5.41, 5.74) is 1.50. The molecule has 0 atom stereocenters. The maximum atomic E-state index is 12.1. The minimum atomic E-state index is -0.280. The highest BCUT2D eigenvalue weighted by atomic mass is 16.6. The summed E-state index contributed by atoms with van der Waals surface area (Å²) in [7, 11) is 0. The molecule has 7 heteroatoms. The number of ether oxygens (including phenoxy) is 1. The molecule has 1 aromatic rings. The monoisotopic (exact) mass is 316 g/mol. The lowest BCUT2D eigenvalue weighted by molar-refractivity contribution is -0.115. The molecule has 0 aromatic heterocycles. The summed E-state index contributed by atoms with van der Waals surface area (Å²) >= 11 is 0. The highest BCUT2D eigenvalue weighted by Crippen LogP contribution is 2.28. The van der Waals surface area contributed by atoms with Crippen molar-refractivity contribution in [2.24, 2.45) is 4.99 Å². The van der Waals surface area contributed by atoms with Crippen LogP contribution in [0.3, 0.4) is 0 Å². The SMILES string of the molecule is CCOC(=O)N1CCN(C2=Nc3ccccc3NC(=O)C2)CC1. The average Bonchev–Trinajstić information content (AvgIpc) is 2.73. The van der Waals surface area contributed by atoms with E-state index in [4.69, 9.17) is 4.74 Å². The van der Waals surface area contributed by atoms with Gasteiger partial charge < -0.3 is 19.9 Å². The van der Waals surface area contributed by atoms with Crippen molar-refractivity contribution in [1.82, 2.24) is 9.80 Å².